The van der Waals surface area contributed by atoms with Gasteiger partial charge in [0.2, 0.25) is 0 Å². The number of hydrogen-bond acceptors (Lipinski definition) is 7. The van der Waals surface area contributed by atoms with E-state index < -0.39 is 51.6 Å². The summed E-state index contributed by atoms with van der Waals surface area (Å²) in [5.74, 6) is -6.72. The topological polar surface area (TPSA) is 150 Å². The van der Waals surface area contributed by atoms with Crippen molar-refractivity contribution in [3.8, 4) is 0 Å². The molecule has 206 valence electrons. The second kappa shape index (κ2) is 11.3. The summed E-state index contributed by atoms with van der Waals surface area (Å²) in [6.45, 7) is 0. The molecule has 0 aliphatic heterocycles. The normalized spacial score (nSPS) is 25.8. The average Bonchev–Trinajstić information content (AvgIpc) is 2.93. The predicted molar refractivity (Wildman–Crippen MR) is 144 cm³/mol. The number of esters is 1. The first-order valence-electron chi connectivity index (χ1n) is 13.2. The van der Waals surface area contributed by atoms with E-state index >= 15 is 0 Å². The highest BCUT2D eigenvalue weighted by molar-refractivity contribution is 5.85. The van der Waals surface area contributed by atoms with Gasteiger partial charge < -0.3 is 9.84 Å². The number of rotatable bonds is 8. The number of aliphatic carboxylic acids is 1. The van der Waals surface area contributed by atoms with E-state index in [0.717, 1.165) is 24.8 Å². The van der Waals surface area contributed by atoms with E-state index in [1.807, 2.05) is 30.3 Å². The molecule has 0 saturated heterocycles. The lowest BCUT2D eigenvalue weighted by Gasteiger charge is -2.49. The Morgan fingerprint density at radius 1 is 0.725 bits per heavy atom. The molecule has 3 aromatic carbocycles. The molecule has 2 saturated carbocycles. The molecule has 2 aliphatic carbocycles. The molecule has 0 amide bonds. The molecule has 0 spiro atoms. The highest BCUT2D eigenvalue weighted by Gasteiger charge is 2.62. The van der Waals surface area contributed by atoms with Crippen LogP contribution >= 0.6 is 0 Å². The van der Waals surface area contributed by atoms with Gasteiger partial charge in [0.05, 0.1) is 21.7 Å². The van der Waals surface area contributed by atoms with Crippen LogP contribution in [0.4, 0.5) is 11.4 Å². The summed E-state index contributed by atoms with van der Waals surface area (Å²) in [6, 6.07) is 21.2. The maximum absolute atomic E-state index is 14.0. The van der Waals surface area contributed by atoms with Crippen molar-refractivity contribution < 1.29 is 29.3 Å². The van der Waals surface area contributed by atoms with Crippen LogP contribution in [0.25, 0.3) is 0 Å². The van der Waals surface area contributed by atoms with Gasteiger partial charge in [-0.25, -0.2) is 0 Å². The molecule has 4 atom stereocenters. The van der Waals surface area contributed by atoms with Crippen molar-refractivity contribution in [3.63, 3.8) is 0 Å². The number of carbonyl (C=O) groups is 2. The Kier molecular flexibility index (Phi) is 7.59. The molecule has 0 unspecified atom stereocenters. The minimum atomic E-state index is -1.31. The monoisotopic (exact) mass is 544 g/mol. The zero-order valence-corrected chi connectivity index (χ0v) is 21.5. The number of benzene rings is 3. The first kappa shape index (κ1) is 27.0. The molecular weight excluding hydrogens is 516 g/mol. The Bertz CT molecular complexity index is 1380. The van der Waals surface area contributed by atoms with Gasteiger partial charge >= 0.3 is 11.9 Å². The molecule has 0 heterocycles. The van der Waals surface area contributed by atoms with Crippen LogP contribution in [-0.4, -0.2) is 33.0 Å². The second-order valence-electron chi connectivity index (χ2n) is 10.4. The Morgan fingerprint density at radius 2 is 1.23 bits per heavy atom. The lowest BCUT2D eigenvalue weighted by Crippen LogP contribution is -2.52. The number of nitro benzene ring substituents is 2. The zero-order valence-electron chi connectivity index (χ0n) is 21.5. The average molecular weight is 545 g/mol. The summed E-state index contributed by atoms with van der Waals surface area (Å²) in [4.78, 5) is 49.2. The van der Waals surface area contributed by atoms with Gasteiger partial charge in [-0.05, 0) is 24.8 Å². The molecule has 5 rings (SSSR count). The summed E-state index contributed by atoms with van der Waals surface area (Å²) in [5.41, 5.74) is 0.608. The second-order valence-corrected chi connectivity index (χ2v) is 10.4. The van der Waals surface area contributed by atoms with Crippen molar-refractivity contribution in [1.29, 1.82) is 0 Å². The Labute approximate surface area is 229 Å². The van der Waals surface area contributed by atoms with E-state index in [0.29, 0.717) is 6.42 Å². The van der Waals surface area contributed by atoms with Gasteiger partial charge in [0, 0.05) is 41.0 Å². The van der Waals surface area contributed by atoms with Gasteiger partial charge in [-0.1, -0.05) is 73.2 Å². The molecule has 10 nitrogen and oxygen atoms in total. The quantitative estimate of drug-likeness (QED) is 0.207. The molecule has 10 heteroatoms. The molecule has 1 N–H and O–H groups in total. The molecule has 2 fully saturated rings. The molecule has 0 aromatic heterocycles. The van der Waals surface area contributed by atoms with Crippen molar-refractivity contribution in [2.45, 2.75) is 49.5 Å². The molecule has 40 heavy (non-hydrogen) atoms. The smallest absolute Gasteiger partial charge is 0.310 e. The minimum Gasteiger partial charge on any atom is -0.481 e. The fourth-order valence-corrected chi connectivity index (χ4v) is 6.54. The SMILES string of the molecule is O=C(O)C1[C@H](c2ccccc2[N+](=O)[O-])C(C(=O)O[C@@H]2CCCC[C@H]2c2ccccc2)[C@H]1c1ccccc1[N+](=O)[O-]. The Balaban J connectivity index is 1.58. The number of carbonyl (C=O) groups excluding carboxylic acids is 1. The van der Waals surface area contributed by atoms with Crippen molar-refractivity contribution in [2.24, 2.45) is 11.8 Å². The van der Waals surface area contributed by atoms with Gasteiger partial charge in [-0.2, -0.15) is 0 Å². The molecule has 0 radical (unpaired) electrons. The molecule has 3 aromatic rings. The van der Waals surface area contributed by atoms with Gasteiger partial charge in [0.15, 0.2) is 0 Å². The summed E-state index contributed by atoms with van der Waals surface area (Å²) in [6.07, 6.45) is 2.78. The highest BCUT2D eigenvalue weighted by atomic mass is 16.6. The van der Waals surface area contributed by atoms with E-state index in [-0.39, 0.29) is 28.4 Å². The Morgan fingerprint density at radius 3 is 1.75 bits per heavy atom. The third kappa shape index (κ3) is 4.92. The minimum absolute atomic E-state index is 0.0525. The van der Waals surface area contributed by atoms with Gasteiger partial charge in [-0.3, -0.25) is 29.8 Å². The number of carboxylic acids is 1. The fraction of sp³-hybridized carbons (Fsp3) is 0.333. The number of para-hydroxylation sites is 2. The summed E-state index contributed by atoms with van der Waals surface area (Å²) in [7, 11) is 0. The van der Waals surface area contributed by atoms with Gasteiger partial charge in [0.25, 0.3) is 11.4 Å². The predicted octanol–water partition coefficient (Wildman–Crippen LogP) is 5.97. The third-order valence-electron chi connectivity index (χ3n) is 8.29. The third-order valence-corrected chi connectivity index (χ3v) is 8.29. The fourth-order valence-electron chi connectivity index (χ4n) is 6.54. The number of nitrogens with zero attached hydrogens (tertiary/aromatic N) is 2. The lowest BCUT2D eigenvalue weighted by molar-refractivity contribution is -0.386. The first-order chi connectivity index (χ1) is 19.3. The lowest BCUT2D eigenvalue weighted by atomic mass is 9.52. The van der Waals surface area contributed by atoms with Crippen molar-refractivity contribution in [3.05, 3.63) is 116 Å². The molecule has 0 bridgehead atoms. The number of hydrogen-bond donors (Lipinski definition) is 1. The van der Waals surface area contributed by atoms with Crippen LogP contribution < -0.4 is 0 Å². The van der Waals surface area contributed by atoms with Crippen LogP contribution in [0.5, 0.6) is 0 Å². The van der Waals surface area contributed by atoms with Crippen LogP contribution in [0.1, 0.15) is 60.1 Å². The number of nitro groups is 2. The maximum atomic E-state index is 14.0. The number of carboxylic acid groups (broad SMARTS) is 1. The maximum Gasteiger partial charge on any atom is 0.310 e. The van der Waals surface area contributed by atoms with Crippen molar-refractivity contribution in [2.75, 3.05) is 0 Å². The van der Waals surface area contributed by atoms with Crippen LogP contribution in [0, 0.1) is 32.1 Å². The van der Waals surface area contributed by atoms with E-state index in [4.69, 9.17) is 4.74 Å². The van der Waals surface area contributed by atoms with Gasteiger partial charge in [0.1, 0.15) is 6.10 Å². The number of ether oxygens (including phenoxy) is 1. The van der Waals surface area contributed by atoms with Crippen LogP contribution in [0.2, 0.25) is 0 Å². The largest absolute Gasteiger partial charge is 0.481 e. The highest BCUT2D eigenvalue weighted by Crippen LogP contribution is 2.60. The van der Waals surface area contributed by atoms with E-state index in [1.165, 1.54) is 36.4 Å². The van der Waals surface area contributed by atoms with Crippen molar-refractivity contribution >= 4 is 23.3 Å². The summed E-state index contributed by atoms with van der Waals surface area (Å²) >= 11 is 0. The van der Waals surface area contributed by atoms with Crippen molar-refractivity contribution in [1.82, 2.24) is 0 Å². The molecule has 2 aliphatic rings. The van der Waals surface area contributed by atoms with Crippen LogP contribution in [0.3, 0.4) is 0 Å². The van der Waals surface area contributed by atoms with Crippen LogP contribution in [0.15, 0.2) is 78.9 Å². The molecular formula is C30H28N2O8. The summed E-state index contributed by atoms with van der Waals surface area (Å²) in [5, 5.41) is 34.0. The zero-order chi connectivity index (χ0) is 28.4. The van der Waals surface area contributed by atoms with E-state index in [2.05, 4.69) is 0 Å². The summed E-state index contributed by atoms with van der Waals surface area (Å²) < 4.78 is 6.12. The van der Waals surface area contributed by atoms with E-state index in [1.54, 1.807) is 12.1 Å². The van der Waals surface area contributed by atoms with Gasteiger partial charge in [-0.15, -0.1) is 0 Å². The van der Waals surface area contributed by atoms with Crippen LogP contribution in [-0.2, 0) is 14.3 Å². The standard InChI is InChI=1S/C30H28N2O8/c33-29(34)27-25(20-13-4-7-15-22(20)31(36)37)28(26(27)21-14-5-8-16-23(21)32(38)39)30(35)40-24-17-9-6-12-19(24)18-10-2-1-3-11-18/h1-5,7-8,10-11,13-16,19,24-28H,6,9,12,17H2,(H,33,34)/t19-,24+,25-,26-,27?,28?/m0/s1. The van der Waals surface area contributed by atoms with E-state index in [9.17, 15) is 34.9 Å². The first-order valence-corrected chi connectivity index (χ1v) is 13.2. The Hall–Kier alpha value is -4.60.